The lowest BCUT2D eigenvalue weighted by atomic mass is 10.2. The van der Waals surface area contributed by atoms with Gasteiger partial charge in [0.2, 0.25) is 10.0 Å². The Morgan fingerprint density at radius 1 is 1.35 bits per heavy atom. The van der Waals surface area contributed by atoms with Gasteiger partial charge in [0.15, 0.2) is 0 Å². The third-order valence-corrected chi connectivity index (χ3v) is 2.92. The molecule has 20 heavy (non-hydrogen) atoms. The number of carbonyl (C=O) groups excluding carboxylic acids is 2. The molecule has 2 amide bonds. The molecule has 0 aromatic rings. The number of nitrogens with one attached hydrogen (secondary N) is 1. The van der Waals surface area contributed by atoms with Crippen LogP contribution in [0.4, 0.5) is 4.79 Å². The van der Waals surface area contributed by atoms with Crippen LogP contribution in [-0.4, -0.2) is 63.0 Å². The van der Waals surface area contributed by atoms with Crippen LogP contribution in [0.2, 0.25) is 0 Å². The minimum Gasteiger partial charge on any atom is -0.444 e. The molecule has 1 N–H and O–H groups in total. The van der Waals surface area contributed by atoms with Crippen molar-refractivity contribution in [2.24, 2.45) is 0 Å². The predicted molar refractivity (Wildman–Crippen MR) is 70.5 cm³/mol. The maximum absolute atomic E-state index is 12.0. The number of ether oxygens (including phenoxy) is 2. The highest BCUT2D eigenvalue weighted by atomic mass is 32.2. The molecular formula is C11H20N2O6S. The van der Waals surface area contributed by atoms with Gasteiger partial charge in [-0.1, -0.05) is 0 Å². The number of hydrogen-bond acceptors (Lipinski definition) is 6. The molecule has 9 heteroatoms. The lowest BCUT2D eigenvalue weighted by Gasteiger charge is -2.35. The topological polar surface area (TPSA) is 102 Å². The van der Waals surface area contributed by atoms with Gasteiger partial charge in [-0.15, -0.1) is 0 Å². The highest BCUT2D eigenvalue weighted by Crippen LogP contribution is 2.14. The van der Waals surface area contributed by atoms with Crippen LogP contribution >= 0.6 is 0 Å². The minimum atomic E-state index is -3.69. The van der Waals surface area contributed by atoms with Gasteiger partial charge in [-0.2, -0.15) is 0 Å². The van der Waals surface area contributed by atoms with E-state index in [9.17, 15) is 18.0 Å². The van der Waals surface area contributed by atoms with Crippen LogP contribution in [0, 0.1) is 0 Å². The minimum absolute atomic E-state index is 0.0689. The van der Waals surface area contributed by atoms with Crippen molar-refractivity contribution in [1.82, 2.24) is 9.62 Å². The Labute approximate surface area is 118 Å². The number of carbonyl (C=O) groups is 2. The summed E-state index contributed by atoms with van der Waals surface area (Å²) in [5.41, 5.74) is -0.701. The summed E-state index contributed by atoms with van der Waals surface area (Å²) in [6.45, 7) is 5.48. The quantitative estimate of drug-likeness (QED) is 0.751. The highest BCUT2D eigenvalue weighted by Gasteiger charge is 2.36. The first-order valence-electron chi connectivity index (χ1n) is 6.08. The fraction of sp³-hybridized carbons (Fsp3) is 0.818. The Hall–Kier alpha value is -1.35. The highest BCUT2D eigenvalue weighted by molar-refractivity contribution is 7.89. The second kappa shape index (κ2) is 5.96. The summed E-state index contributed by atoms with van der Waals surface area (Å²) in [5, 5.41) is 0. The molecule has 0 saturated carbocycles. The maximum atomic E-state index is 12.0. The first kappa shape index (κ1) is 16.7. The maximum Gasteiger partial charge on any atom is 0.411 e. The van der Waals surface area contributed by atoms with Crippen LogP contribution in [0.3, 0.4) is 0 Å². The van der Waals surface area contributed by atoms with Crippen LogP contribution < -0.4 is 4.72 Å². The molecule has 1 saturated heterocycles. The van der Waals surface area contributed by atoms with Crippen molar-refractivity contribution < 1.29 is 27.5 Å². The van der Waals surface area contributed by atoms with Gasteiger partial charge in [0.05, 0.1) is 19.5 Å². The smallest absolute Gasteiger partial charge is 0.411 e. The summed E-state index contributed by atoms with van der Waals surface area (Å²) in [6, 6.07) is -1.02. The lowest BCUT2D eigenvalue weighted by molar-refractivity contribution is -0.130. The Morgan fingerprint density at radius 2 is 1.95 bits per heavy atom. The van der Waals surface area contributed by atoms with E-state index in [0.717, 1.165) is 6.26 Å². The molecule has 0 unspecified atom stereocenters. The first-order valence-corrected chi connectivity index (χ1v) is 7.98. The number of amides is 2. The SMILES string of the molecule is CC(C)(C)OC(=O)N1CCOC[C@H]1C(=O)NS(C)(=O)=O. The van der Waals surface area contributed by atoms with E-state index in [1.807, 2.05) is 4.72 Å². The van der Waals surface area contributed by atoms with Crippen molar-refractivity contribution >= 4 is 22.0 Å². The lowest BCUT2D eigenvalue weighted by Crippen LogP contribution is -2.57. The largest absolute Gasteiger partial charge is 0.444 e. The molecule has 8 nitrogen and oxygen atoms in total. The van der Waals surface area contributed by atoms with Gasteiger partial charge in [0.1, 0.15) is 11.6 Å². The summed E-state index contributed by atoms with van der Waals surface area (Å²) in [5.74, 6) is -0.807. The molecule has 116 valence electrons. The Morgan fingerprint density at radius 3 is 2.45 bits per heavy atom. The van der Waals surface area contributed by atoms with Crippen LogP contribution in [0.1, 0.15) is 20.8 Å². The van der Waals surface area contributed by atoms with E-state index in [2.05, 4.69) is 0 Å². The molecule has 0 aliphatic carbocycles. The zero-order chi connectivity index (χ0) is 15.6. The molecule has 0 aromatic heterocycles. The van der Waals surface area contributed by atoms with E-state index >= 15 is 0 Å². The van der Waals surface area contributed by atoms with Crippen molar-refractivity contribution in [1.29, 1.82) is 0 Å². The van der Waals surface area contributed by atoms with Gasteiger partial charge >= 0.3 is 6.09 Å². The Bertz CT molecular complexity index is 482. The van der Waals surface area contributed by atoms with E-state index in [-0.39, 0.29) is 19.8 Å². The van der Waals surface area contributed by atoms with Crippen molar-refractivity contribution in [3.8, 4) is 0 Å². The van der Waals surface area contributed by atoms with E-state index in [4.69, 9.17) is 9.47 Å². The number of morpholine rings is 1. The second-order valence-electron chi connectivity index (χ2n) is 5.50. The van der Waals surface area contributed by atoms with Crippen molar-refractivity contribution in [3.05, 3.63) is 0 Å². The standard InChI is InChI=1S/C11H20N2O6S/c1-11(2,3)19-10(15)13-5-6-18-7-8(13)9(14)12-20(4,16)17/h8H,5-7H2,1-4H3,(H,12,14)/t8-/m0/s1. The first-order chi connectivity index (χ1) is 8.99. The second-order valence-corrected chi connectivity index (χ2v) is 7.25. The number of hydrogen-bond donors (Lipinski definition) is 1. The average molecular weight is 308 g/mol. The molecule has 0 aromatic carbocycles. The van der Waals surface area contributed by atoms with Crippen LogP contribution in [0.25, 0.3) is 0 Å². The molecule has 1 atom stereocenters. The summed E-state index contributed by atoms with van der Waals surface area (Å²) in [7, 11) is -3.69. The summed E-state index contributed by atoms with van der Waals surface area (Å²) >= 11 is 0. The van der Waals surface area contributed by atoms with Crippen molar-refractivity contribution in [2.75, 3.05) is 26.0 Å². The van der Waals surface area contributed by atoms with Crippen molar-refractivity contribution in [3.63, 3.8) is 0 Å². The molecule has 0 bridgehead atoms. The third-order valence-electron chi connectivity index (χ3n) is 2.35. The molecular weight excluding hydrogens is 288 g/mol. The third kappa shape index (κ3) is 5.33. The molecule has 1 aliphatic heterocycles. The van der Waals surface area contributed by atoms with Gasteiger partial charge < -0.3 is 9.47 Å². The van der Waals surface area contributed by atoms with Gasteiger partial charge in [-0.25, -0.2) is 13.2 Å². The molecule has 1 heterocycles. The van der Waals surface area contributed by atoms with Gasteiger partial charge in [0.25, 0.3) is 5.91 Å². The predicted octanol–water partition coefficient (Wildman–Crippen LogP) is -0.302. The van der Waals surface area contributed by atoms with Crippen LogP contribution in [0.15, 0.2) is 0 Å². The van der Waals surface area contributed by atoms with E-state index in [0.29, 0.717) is 0 Å². The van der Waals surface area contributed by atoms with Crippen molar-refractivity contribution in [2.45, 2.75) is 32.4 Å². The normalized spacial score (nSPS) is 20.4. The fourth-order valence-electron chi connectivity index (χ4n) is 1.61. The monoisotopic (exact) mass is 308 g/mol. The molecule has 1 rings (SSSR count). The van der Waals surface area contributed by atoms with E-state index in [1.165, 1.54) is 4.90 Å². The Kier molecular flexibility index (Phi) is 4.98. The zero-order valence-electron chi connectivity index (χ0n) is 12.0. The molecule has 0 spiro atoms. The van der Waals surface area contributed by atoms with E-state index < -0.39 is 33.7 Å². The zero-order valence-corrected chi connectivity index (χ0v) is 12.8. The van der Waals surface area contributed by atoms with Crippen LogP contribution in [-0.2, 0) is 24.3 Å². The van der Waals surface area contributed by atoms with Gasteiger partial charge in [-0.05, 0) is 20.8 Å². The average Bonchev–Trinajstić information content (AvgIpc) is 2.24. The summed E-state index contributed by atoms with van der Waals surface area (Å²) < 4.78 is 34.3. The fourth-order valence-corrected chi connectivity index (χ4v) is 2.11. The Balaban J connectivity index is 2.81. The summed E-state index contributed by atoms with van der Waals surface area (Å²) in [6.07, 6.45) is 0.196. The number of sulfonamides is 1. The van der Waals surface area contributed by atoms with Crippen LogP contribution in [0.5, 0.6) is 0 Å². The number of nitrogens with zero attached hydrogens (tertiary/aromatic N) is 1. The van der Waals surface area contributed by atoms with Gasteiger partial charge in [0, 0.05) is 6.54 Å². The molecule has 0 radical (unpaired) electrons. The number of rotatable bonds is 2. The van der Waals surface area contributed by atoms with Gasteiger partial charge in [-0.3, -0.25) is 14.4 Å². The van der Waals surface area contributed by atoms with E-state index in [1.54, 1.807) is 20.8 Å². The summed E-state index contributed by atoms with van der Waals surface area (Å²) in [4.78, 5) is 25.1. The molecule has 1 fully saturated rings. The molecule has 1 aliphatic rings.